The van der Waals surface area contributed by atoms with Gasteiger partial charge < -0.3 is 35.7 Å². The van der Waals surface area contributed by atoms with E-state index in [9.17, 15) is 40.5 Å². The molecule has 35 heavy (non-hydrogen) atoms. The Hall–Kier alpha value is -0.870. The van der Waals surface area contributed by atoms with Gasteiger partial charge in [-0.2, -0.15) is 0 Å². The molecule has 3 saturated carbocycles. The number of aliphatic hydroxyl groups is 7. The van der Waals surface area contributed by atoms with Crippen molar-refractivity contribution in [2.75, 3.05) is 0 Å². The maximum atomic E-state index is 13.3. The monoisotopic (exact) mass is 496 g/mol. The van der Waals surface area contributed by atoms with Gasteiger partial charge in [0.2, 0.25) is 0 Å². The van der Waals surface area contributed by atoms with Gasteiger partial charge in [0.25, 0.3) is 0 Å². The number of carbonyl (C=O) groups is 1. The van der Waals surface area contributed by atoms with Gasteiger partial charge in [-0.3, -0.25) is 4.79 Å². The zero-order valence-electron chi connectivity index (χ0n) is 21.6. The Morgan fingerprint density at radius 1 is 1.06 bits per heavy atom. The number of hydrogen-bond donors (Lipinski definition) is 7. The highest BCUT2D eigenvalue weighted by molar-refractivity contribution is 5.95. The van der Waals surface area contributed by atoms with Gasteiger partial charge in [0.05, 0.1) is 41.2 Å². The highest BCUT2D eigenvalue weighted by atomic mass is 16.3. The van der Waals surface area contributed by atoms with Crippen molar-refractivity contribution in [1.82, 2.24) is 0 Å². The van der Waals surface area contributed by atoms with E-state index in [1.165, 1.54) is 6.08 Å². The number of hydrogen-bond acceptors (Lipinski definition) is 8. The lowest BCUT2D eigenvalue weighted by molar-refractivity contribution is -0.197. The first-order valence-electron chi connectivity index (χ1n) is 13.0. The van der Waals surface area contributed by atoms with Crippen LogP contribution in [0.15, 0.2) is 11.6 Å². The van der Waals surface area contributed by atoms with Crippen LogP contribution in [0.3, 0.4) is 0 Å². The number of aliphatic hydroxyl groups excluding tert-OH is 4. The van der Waals surface area contributed by atoms with Gasteiger partial charge in [-0.15, -0.1) is 0 Å². The molecule has 0 radical (unpaired) electrons. The van der Waals surface area contributed by atoms with Crippen LogP contribution in [0.4, 0.5) is 0 Å². The summed E-state index contributed by atoms with van der Waals surface area (Å²) < 4.78 is 0. The van der Waals surface area contributed by atoms with Crippen LogP contribution in [-0.4, -0.2) is 82.7 Å². The smallest absolute Gasteiger partial charge is 0.159 e. The third-order valence-electron chi connectivity index (χ3n) is 10.5. The third kappa shape index (κ3) is 3.95. The minimum atomic E-state index is -1.59. The van der Waals surface area contributed by atoms with Crippen molar-refractivity contribution in [2.45, 2.75) is 121 Å². The van der Waals surface area contributed by atoms with Gasteiger partial charge in [0.1, 0.15) is 0 Å². The molecular formula is C27H44O8. The van der Waals surface area contributed by atoms with Crippen LogP contribution in [-0.2, 0) is 4.79 Å². The average Bonchev–Trinajstić information content (AvgIpc) is 2.99. The summed E-state index contributed by atoms with van der Waals surface area (Å²) in [7, 11) is 0. The molecule has 4 aliphatic carbocycles. The maximum Gasteiger partial charge on any atom is 0.159 e. The second kappa shape index (κ2) is 8.32. The molecule has 4 aliphatic rings. The summed E-state index contributed by atoms with van der Waals surface area (Å²) in [5.41, 5.74) is -5.42. The fraction of sp³-hybridized carbons (Fsp3) is 0.889. The normalized spacial score (nSPS) is 48.3. The van der Waals surface area contributed by atoms with E-state index in [1.807, 2.05) is 13.8 Å². The van der Waals surface area contributed by atoms with Crippen LogP contribution in [0.2, 0.25) is 0 Å². The predicted molar refractivity (Wildman–Crippen MR) is 128 cm³/mol. The minimum absolute atomic E-state index is 0.115. The lowest BCUT2D eigenvalue weighted by atomic mass is 9.45. The molecule has 0 saturated heterocycles. The second-order valence-electron chi connectivity index (χ2n) is 13.3. The zero-order valence-corrected chi connectivity index (χ0v) is 21.6. The summed E-state index contributed by atoms with van der Waals surface area (Å²) >= 11 is 0. The summed E-state index contributed by atoms with van der Waals surface area (Å²) in [4.78, 5) is 13.3. The molecule has 0 bridgehead atoms. The molecule has 4 unspecified atom stereocenters. The molecule has 0 aromatic rings. The standard InChI is InChI=1S/C27H44O8/c1-23(2,33)8-7-21(32)26(5,34)20-6-9-27(35)15-11-16(28)14-10-17(29)18(30)12-24(14,3)22(15)19(31)13-25(20,27)4/h11,14,17-22,29-35H,6-10,12-13H2,1-5H3/t14?,17-,18+,19-,20+,21?,22?,24+,25-,26?,27-/m1/s1. The van der Waals surface area contributed by atoms with Crippen LogP contribution in [0, 0.1) is 28.6 Å². The summed E-state index contributed by atoms with van der Waals surface area (Å²) in [6.07, 6.45) is -1.08. The molecule has 0 heterocycles. The molecule has 0 aliphatic heterocycles. The van der Waals surface area contributed by atoms with E-state index < -0.39 is 69.8 Å². The Morgan fingerprint density at radius 2 is 1.69 bits per heavy atom. The van der Waals surface area contributed by atoms with E-state index >= 15 is 0 Å². The van der Waals surface area contributed by atoms with Crippen LogP contribution < -0.4 is 0 Å². The first-order valence-corrected chi connectivity index (χ1v) is 13.0. The highest BCUT2D eigenvalue weighted by Gasteiger charge is 2.71. The van der Waals surface area contributed by atoms with Crippen molar-refractivity contribution in [1.29, 1.82) is 0 Å². The van der Waals surface area contributed by atoms with Crippen molar-refractivity contribution in [3.05, 3.63) is 11.6 Å². The summed E-state index contributed by atoms with van der Waals surface area (Å²) in [6, 6.07) is 0. The SMILES string of the molecule is CC(C)(O)CCC(O)C(C)(O)[C@H]1CC[C@@]2(O)C3=CC(=O)C4C[C@@H](O)[C@@H](O)C[C@]4(C)C3[C@H](O)C[C@]12C. The number of fused-ring (bicyclic) bond motifs is 5. The van der Waals surface area contributed by atoms with E-state index in [0.29, 0.717) is 12.0 Å². The first-order chi connectivity index (χ1) is 15.9. The molecule has 200 valence electrons. The summed E-state index contributed by atoms with van der Waals surface area (Å²) in [6.45, 7) is 8.52. The topological polar surface area (TPSA) is 159 Å². The van der Waals surface area contributed by atoms with Crippen molar-refractivity contribution in [2.24, 2.45) is 28.6 Å². The summed E-state index contributed by atoms with van der Waals surface area (Å²) in [5, 5.41) is 77.0. The van der Waals surface area contributed by atoms with E-state index in [0.717, 1.165) is 0 Å². The van der Waals surface area contributed by atoms with Gasteiger partial charge in [0.15, 0.2) is 5.78 Å². The largest absolute Gasteiger partial charge is 0.392 e. The van der Waals surface area contributed by atoms with Gasteiger partial charge in [-0.25, -0.2) is 0 Å². The number of rotatable bonds is 5. The predicted octanol–water partition coefficient (Wildman–Crippen LogP) is 0.825. The first kappa shape index (κ1) is 27.2. The van der Waals surface area contributed by atoms with Crippen molar-refractivity contribution in [3.8, 4) is 0 Å². The number of allylic oxidation sites excluding steroid dienone is 1. The Balaban J connectivity index is 1.71. The van der Waals surface area contributed by atoms with E-state index in [-0.39, 0.29) is 44.3 Å². The van der Waals surface area contributed by atoms with Crippen molar-refractivity contribution in [3.63, 3.8) is 0 Å². The summed E-state index contributed by atoms with van der Waals surface area (Å²) in [5.74, 6) is -1.89. The Bertz CT molecular complexity index is 892. The minimum Gasteiger partial charge on any atom is -0.392 e. The molecule has 0 amide bonds. The number of ketones is 1. The third-order valence-corrected chi connectivity index (χ3v) is 10.5. The zero-order chi connectivity index (χ0) is 26.4. The van der Waals surface area contributed by atoms with E-state index in [2.05, 4.69) is 0 Å². The van der Waals surface area contributed by atoms with Crippen LogP contribution in [0.25, 0.3) is 0 Å². The molecular weight excluding hydrogens is 452 g/mol. The lowest BCUT2D eigenvalue weighted by Gasteiger charge is -2.62. The van der Waals surface area contributed by atoms with Gasteiger partial charge in [-0.05, 0) is 88.7 Å². The second-order valence-corrected chi connectivity index (χ2v) is 13.3. The molecule has 8 nitrogen and oxygen atoms in total. The molecule has 4 rings (SSSR count). The lowest BCUT2D eigenvalue weighted by Crippen LogP contribution is -2.66. The van der Waals surface area contributed by atoms with Crippen LogP contribution in [0.5, 0.6) is 0 Å². The van der Waals surface area contributed by atoms with Crippen molar-refractivity contribution >= 4 is 5.78 Å². The van der Waals surface area contributed by atoms with Crippen molar-refractivity contribution < 1.29 is 40.5 Å². The Kier molecular flexibility index (Phi) is 6.46. The van der Waals surface area contributed by atoms with E-state index in [4.69, 9.17) is 0 Å². The molecule has 0 aromatic carbocycles. The molecule has 0 aromatic heterocycles. The fourth-order valence-electron chi connectivity index (χ4n) is 8.44. The van der Waals surface area contributed by atoms with Crippen LogP contribution >= 0.6 is 0 Å². The van der Waals surface area contributed by atoms with Gasteiger partial charge in [0, 0.05) is 17.3 Å². The Labute approximate surface area is 207 Å². The molecule has 3 fully saturated rings. The molecule has 0 spiro atoms. The molecule has 7 N–H and O–H groups in total. The maximum absolute atomic E-state index is 13.3. The molecule has 11 atom stereocenters. The Morgan fingerprint density at radius 3 is 2.29 bits per heavy atom. The number of carbonyl (C=O) groups excluding carboxylic acids is 1. The highest BCUT2D eigenvalue weighted by Crippen LogP contribution is 2.68. The van der Waals surface area contributed by atoms with Gasteiger partial charge >= 0.3 is 0 Å². The van der Waals surface area contributed by atoms with Gasteiger partial charge in [-0.1, -0.05) is 13.8 Å². The molecule has 8 heteroatoms. The fourth-order valence-corrected chi connectivity index (χ4v) is 8.44. The average molecular weight is 497 g/mol. The quantitative estimate of drug-likeness (QED) is 0.295. The van der Waals surface area contributed by atoms with Crippen LogP contribution in [0.1, 0.15) is 79.6 Å². The van der Waals surface area contributed by atoms with E-state index in [1.54, 1.807) is 20.8 Å².